The van der Waals surface area contributed by atoms with Gasteiger partial charge in [-0.15, -0.1) is 0 Å². The first-order valence-corrected chi connectivity index (χ1v) is 6.32. The third-order valence-electron chi connectivity index (χ3n) is 3.12. The van der Waals surface area contributed by atoms with Crippen molar-refractivity contribution in [3.05, 3.63) is 22.8 Å². The highest BCUT2D eigenvalue weighted by atomic mass is 19.1. The van der Waals surface area contributed by atoms with Gasteiger partial charge in [0.05, 0.1) is 12.3 Å². The van der Waals surface area contributed by atoms with Gasteiger partial charge in [-0.25, -0.2) is 9.37 Å². The summed E-state index contributed by atoms with van der Waals surface area (Å²) in [5.74, 6) is -0.121. The maximum absolute atomic E-state index is 14.4. The summed E-state index contributed by atoms with van der Waals surface area (Å²) < 4.78 is 19.9. The van der Waals surface area contributed by atoms with Gasteiger partial charge in [-0.05, 0) is 11.8 Å². The Hall–Kier alpha value is -1.45. The summed E-state index contributed by atoms with van der Waals surface area (Å²) in [6.45, 7) is 7.84. The normalized spacial score (nSPS) is 14.9. The van der Waals surface area contributed by atoms with Gasteiger partial charge in [0.15, 0.2) is 17.3 Å². The molecule has 2 heterocycles. The zero-order valence-electron chi connectivity index (χ0n) is 11.2. The fourth-order valence-electron chi connectivity index (χ4n) is 2.18. The number of carbonyl (C=O) groups excluding carboxylic acids is 1. The fourth-order valence-corrected chi connectivity index (χ4v) is 2.18. The number of fused-ring (bicyclic) bond motifs is 1. The molecule has 0 unspecified atom stereocenters. The number of ketones is 1. The van der Waals surface area contributed by atoms with Gasteiger partial charge < -0.3 is 4.74 Å². The number of aromatic nitrogens is 1. The van der Waals surface area contributed by atoms with E-state index in [4.69, 9.17) is 4.74 Å². The van der Waals surface area contributed by atoms with Crippen LogP contribution in [0.5, 0.6) is 5.75 Å². The number of pyridine rings is 1. The molecule has 0 spiro atoms. The molecule has 0 bridgehead atoms. The van der Waals surface area contributed by atoms with Gasteiger partial charge in [-0.2, -0.15) is 0 Å². The van der Waals surface area contributed by atoms with Crippen LogP contribution >= 0.6 is 0 Å². The molecule has 98 valence electrons. The zero-order chi connectivity index (χ0) is 13.4. The molecule has 0 aliphatic carbocycles. The Kier molecular flexibility index (Phi) is 3.37. The average molecular weight is 251 g/mol. The van der Waals surface area contributed by atoms with Gasteiger partial charge in [0.2, 0.25) is 0 Å². The molecule has 0 fully saturated rings. The van der Waals surface area contributed by atoms with E-state index in [0.29, 0.717) is 35.7 Å². The number of ether oxygens (including phenoxy) is 1. The number of hydrogen-bond acceptors (Lipinski definition) is 3. The van der Waals surface area contributed by atoms with Crippen molar-refractivity contribution in [3.63, 3.8) is 0 Å². The molecule has 1 aromatic rings. The lowest BCUT2D eigenvalue weighted by molar-refractivity contribution is 0.0924. The maximum atomic E-state index is 14.4. The SMILES string of the molecule is CC(C)c1nc2c(c(C(C)C)c1F)OCCC2=O. The van der Waals surface area contributed by atoms with Crippen LogP contribution in [0.25, 0.3) is 0 Å². The van der Waals surface area contributed by atoms with Crippen molar-refractivity contribution in [3.8, 4) is 5.75 Å². The van der Waals surface area contributed by atoms with Crippen LogP contribution in [0, 0.1) is 5.82 Å². The highest BCUT2D eigenvalue weighted by Crippen LogP contribution is 2.37. The number of nitrogens with zero attached hydrogens (tertiary/aromatic N) is 1. The summed E-state index contributed by atoms with van der Waals surface area (Å²) in [5.41, 5.74) is 1.14. The largest absolute Gasteiger partial charge is 0.490 e. The van der Waals surface area contributed by atoms with Crippen LogP contribution in [0.15, 0.2) is 0 Å². The number of Topliss-reactive ketones (excluding diaryl/α,β-unsaturated/α-hetero) is 1. The second-order valence-corrected chi connectivity index (χ2v) is 5.23. The molecule has 18 heavy (non-hydrogen) atoms. The summed E-state index contributed by atoms with van der Waals surface area (Å²) in [6.07, 6.45) is 0.320. The van der Waals surface area contributed by atoms with Crippen molar-refractivity contribution in [2.24, 2.45) is 0 Å². The van der Waals surface area contributed by atoms with Gasteiger partial charge in [0.25, 0.3) is 0 Å². The van der Waals surface area contributed by atoms with Crippen molar-refractivity contribution in [1.29, 1.82) is 0 Å². The number of halogens is 1. The fraction of sp³-hybridized carbons (Fsp3) is 0.571. The van der Waals surface area contributed by atoms with E-state index in [1.54, 1.807) is 0 Å². The van der Waals surface area contributed by atoms with Gasteiger partial charge in [-0.3, -0.25) is 4.79 Å². The predicted molar refractivity (Wildman–Crippen MR) is 66.8 cm³/mol. The third-order valence-corrected chi connectivity index (χ3v) is 3.12. The van der Waals surface area contributed by atoms with Crippen molar-refractivity contribution >= 4 is 5.78 Å². The standard InChI is InChI=1S/C14H18FNO2/c1-7(2)10-11(15)12(8(3)4)16-13-9(17)5-6-18-14(10)13/h7-8H,5-6H2,1-4H3. The second-order valence-electron chi connectivity index (χ2n) is 5.23. The van der Waals surface area contributed by atoms with Crippen LogP contribution in [0.2, 0.25) is 0 Å². The summed E-state index contributed by atoms with van der Waals surface area (Å²) in [7, 11) is 0. The molecule has 0 N–H and O–H groups in total. The molecule has 1 aliphatic heterocycles. The molecule has 1 aliphatic rings. The number of rotatable bonds is 2. The zero-order valence-corrected chi connectivity index (χ0v) is 11.2. The Morgan fingerprint density at radius 1 is 1.22 bits per heavy atom. The van der Waals surface area contributed by atoms with E-state index in [-0.39, 0.29) is 23.4 Å². The lowest BCUT2D eigenvalue weighted by atomic mass is 9.94. The van der Waals surface area contributed by atoms with E-state index in [2.05, 4.69) is 4.98 Å². The topological polar surface area (TPSA) is 39.2 Å². The van der Waals surface area contributed by atoms with Crippen LogP contribution in [0.1, 0.15) is 67.7 Å². The van der Waals surface area contributed by atoms with Crippen LogP contribution in [0.3, 0.4) is 0 Å². The third kappa shape index (κ3) is 2.00. The second kappa shape index (κ2) is 4.67. The lowest BCUT2D eigenvalue weighted by Crippen LogP contribution is -2.21. The average Bonchev–Trinajstić information content (AvgIpc) is 2.27. The van der Waals surface area contributed by atoms with Gasteiger partial charge in [-0.1, -0.05) is 27.7 Å². The molecule has 0 amide bonds. The van der Waals surface area contributed by atoms with Gasteiger partial charge in [0.1, 0.15) is 5.69 Å². The van der Waals surface area contributed by atoms with E-state index < -0.39 is 0 Å². The molecule has 3 nitrogen and oxygen atoms in total. The van der Waals surface area contributed by atoms with Crippen LogP contribution < -0.4 is 4.74 Å². The van der Waals surface area contributed by atoms with Crippen LogP contribution in [0.4, 0.5) is 4.39 Å². The Labute approximate surface area is 106 Å². The number of carbonyl (C=O) groups is 1. The summed E-state index contributed by atoms with van der Waals surface area (Å²) >= 11 is 0. The van der Waals surface area contributed by atoms with E-state index in [1.165, 1.54) is 0 Å². The molecular formula is C14H18FNO2. The minimum atomic E-state index is -0.326. The molecule has 0 saturated heterocycles. The van der Waals surface area contributed by atoms with E-state index in [9.17, 15) is 9.18 Å². The van der Waals surface area contributed by atoms with Gasteiger partial charge >= 0.3 is 0 Å². The summed E-state index contributed by atoms with van der Waals surface area (Å²) in [4.78, 5) is 16.1. The minimum Gasteiger partial charge on any atom is -0.490 e. The highest BCUT2D eigenvalue weighted by molar-refractivity contribution is 5.98. The quantitative estimate of drug-likeness (QED) is 0.808. The first kappa shape index (κ1) is 13.0. The Morgan fingerprint density at radius 3 is 2.44 bits per heavy atom. The predicted octanol–water partition coefficient (Wildman–Crippen LogP) is 3.43. The first-order chi connectivity index (χ1) is 8.43. The highest BCUT2D eigenvalue weighted by Gasteiger charge is 2.29. The maximum Gasteiger partial charge on any atom is 0.188 e. The van der Waals surface area contributed by atoms with Crippen LogP contribution in [-0.4, -0.2) is 17.4 Å². The molecule has 2 rings (SSSR count). The van der Waals surface area contributed by atoms with Crippen LogP contribution in [-0.2, 0) is 0 Å². The first-order valence-electron chi connectivity index (χ1n) is 6.32. The lowest BCUT2D eigenvalue weighted by Gasteiger charge is -2.23. The molecule has 1 aromatic heterocycles. The molecule has 0 aromatic carbocycles. The van der Waals surface area contributed by atoms with Gasteiger partial charge in [0, 0.05) is 12.0 Å². The Bertz CT molecular complexity index is 495. The Balaban J connectivity index is 2.73. The molecule has 0 radical (unpaired) electrons. The minimum absolute atomic E-state index is 0.0369. The molecule has 4 heteroatoms. The van der Waals surface area contributed by atoms with Crippen molar-refractivity contribution in [2.75, 3.05) is 6.61 Å². The van der Waals surface area contributed by atoms with E-state index in [1.807, 2.05) is 27.7 Å². The molecule has 0 saturated carbocycles. The number of hydrogen-bond donors (Lipinski definition) is 0. The monoisotopic (exact) mass is 251 g/mol. The molecular weight excluding hydrogens is 233 g/mol. The summed E-state index contributed by atoms with van der Waals surface area (Å²) in [6, 6.07) is 0. The van der Waals surface area contributed by atoms with E-state index >= 15 is 0 Å². The summed E-state index contributed by atoms with van der Waals surface area (Å²) in [5, 5.41) is 0. The van der Waals surface area contributed by atoms with Crippen molar-refractivity contribution in [1.82, 2.24) is 4.98 Å². The smallest absolute Gasteiger partial charge is 0.188 e. The Morgan fingerprint density at radius 2 is 1.89 bits per heavy atom. The van der Waals surface area contributed by atoms with E-state index in [0.717, 1.165) is 0 Å². The van der Waals surface area contributed by atoms with Crippen molar-refractivity contribution < 1.29 is 13.9 Å². The van der Waals surface area contributed by atoms with Crippen molar-refractivity contribution in [2.45, 2.75) is 46.0 Å². The molecule has 0 atom stereocenters.